The van der Waals surface area contributed by atoms with E-state index in [-0.39, 0.29) is 11.5 Å². The van der Waals surface area contributed by atoms with E-state index in [2.05, 4.69) is 10.3 Å². The number of amides is 1. The molecule has 0 saturated carbocycles. The first-order valence-corrected chi connectivity index (χ1v) is 9.06. The van der Waals surface area contributed by atoms with Gasteiger partial charge in [0.05, 0.1) is 0 Å². The van der Waals surface area contributed by atoms with E-state index in [4.69, 9.17) is 4.74 Å². The Balaban J connectivity index is 1.56. The molecular formula is C20H17FN2O3S. The maximum atomic E-state index is 13.0. The number of aryl methyl sites for hydroxylation is 2. The molecule has 0 saturated heterocycles. The van der Waals surface area contributed by atoms with Crippen molar-refractivity contribution in [3.05, 3.63) is 70.5 Å². The van der Waals surface area contributed by atoms with Gasteiger partial charge in [0.2, 0.25) is 0 Å². The monoisotopic (exact) mass is 384 g/mol. The molecule has 138 valence electrons. The highest BCUT2D eigenvalue weighted by atomic mass is 32.1. The highest BCUT2D eigenvalue weighted by Crippen LogP contribution is 2.24. The number of nitrogens with zero attached hydrogens (tertiary/aromatic N) is 1. The van der Waals surface area contributed by atoms with Crippen LogP contribution in [-0.2, 0) is 9.53 Å². The molecule has 0 unspecified atom stereocenters. The molecule has 3 aromatic rings. The van der Waals surface area contributed by atoms with Crippen LogP contribution < -0.4 is 5.32 Å². The number of hydrogen-bond acceptors (Lipinski definition) is 5. The predicted octanol–water partition coefficient (Wildman–Crippen LogP) is 4.36. The summed E-state index contributed by atoms with van der Waals surface area (Å²) in [6, 6.07) is 11.4. The van der Waals surface area contributed by atoms with Crippen molar-refractivity contribution in [3.8, 4) is 10.6 Å². The summed E-state index contributed by atoms with van der Waals surface area (Å²) in [4.78, 5) is 28.2. The molecule has 3 rings (SSSR count). The number of carbonyl (C=O) groups excluding carboxylic acids is 2. The number of ether oxygens (including phenoxy) is 1. The SMILES string of the molecule is Cc1ccc(NC(=O)COC(=O)c2csc(-c3ccc(F)cc3)n2)cc1C. The number of carbonyl (C=O) groups is 2. The Bertz CT molecular complexity index is 983. The zero-order chi connectivity index (χ0) is 19.4. The van der Waals surface area contributed by atoms with Crippen molar-refractivity contribution in [2.75, 3.05) is 11.9 Å². The van der Waals surface area contributed by atoms with Gasteiger partial charge < -0.3 is 10.1 Å². The number of thiazole rings is 1. The van der Waals surface area contributed by atoms with Crippen LogP contribution in [0.4, 0.5) is 10.1 Å². The summed E-state index contributed by atoms with van der Waals surface area (Å²) in [5.74, 6) is -1.46. The van der Waals surface area contributed by atoms with Crippen LogP contribution in [0.25, 0.3) is 10.6 Å². The average Bonchev–Trinajstić information content (AvgIpc) is 3.13. The molecule has 27 heavy (non-hydrogen) atoms. The first kappa shape index (κ1) is 18.7. The van der Waals surface area contributed by atoms with Crippen LogP contribution in [0.1, 0.15) is 21.6 Å². The van der Waals surface area contributed by atoms with E-state index in [0.717, 1.165) is 11.1 Å². The van der Waals surface area contributed by atoms with E-state index < -0.39 is 18.5 Å². The zero-order valence-electron chi connectivity index (χ0n) is 14.8. The second kappa shape index (κ2) is 8.09. The number of benzene rings is 2. The second-order valence-corrected chi connectivity index (χ2v) is 6.83. The minimum Gasteiger partial charge on any atom is -0.451 e. The van der Waals surface area contributed by atoms with Crippen LogP contribution in [0.15, 0.2) is 47.8 Å². The average molecular weight is 384 g/mol. The topological polar surface area (TPSA) is 68.3 Å². The molecule has 0 atom stereocenters. The Morgan fingerprint density at radius 1 is 1.11 bits per heavy atom. The van der Waals surface area contributed by atoms with Gasteiger partial charge in [-0.25, -0.2) is 14.2 Å². The van der Waals surface area contributed by atoms with Gasteiger partial charge >= 0.3 is 5.97 Å². The molecule has 7 heteroatoms. The molecule has 2 aromatic carbocycles. The molecule has 1 heterocycles. The van der Waals surface area contributed by atoms with E-state index in [1.54, 1.807) is 23.6 Å². The lowest BCUT2D eigenvalue weighted by atomic mass is 10.1. The summed E-state index contributed by atoms with van der Waals surface area (Å²) < 4.78 is 18.0. The van der Waals surface area contributed by atoms with Gasteiger partial charge in [-0.05, 0) is 61.4 Å². The molecule has 0 aliphatic heterocycles. The maximum absolute atomic E-state index is 13.0. The van der Waals surface area contributed by atoms with Crippen LogP contribution >= 0.6 is 11.3 Å². The van der Waals surface area contributed by atoms with Gasteiger partial charge in [0, 0.05) is 16.6 Å². The van der Waals surface area contributed by atoms with Crippen LogP contribution in [0.5, 0.6) is 0 Å². The van der Waals surface area contributed by atoms with Crippen LogP contribution in [0.2, 0.25) is 0 Å². The van der Waals surface area contributed by atoms with Gasteiger partial charge in [0.25, 0.3) is 5.91 Å². The second-order valence-electron chi connectivity index (χ2n) is 5.97. The Morgan fingerprint density at radius 2 is 1.85 bits per heavy atom. The molecular weight excluding hydrogens is 367 g/mol. The van der Waals surface area contributed by atoms with Gasteiger partial charge in [0.15, 0.2) is 12.3 Å². The van der Waals surface area contributed by atoms with E-state index in [1.807, 2.05) is 26.0 Å². The summed E-state index contributed by atoms with van der Waals surface area (Å²) in [6.45, 7) is 3.53. The van der Waals surface area contributed by atoms with Crippen molar-refractivity contribution in [2.45, 2.75) is 13.8 Å². The standard InChI is InChI=1S/C20H17FN2O3S/c1-12-3-8-16(9-13(12)2)22-18(24)10-26-20(25)17-11-27-19(23-17)14-4-6-15(21)7-5-14/h3-9,11H,10H2,1-2H3,(H,22,24). The van der Waals surface area contributed by atoms with Crippen molar-refractivity contribution < 1.29 is 18.7 Å². The minimum atomic E-state index is -0.685. The molecule has 5 nitrogen and oxygen atoms in total. The highest BCUT2D eigenvalue weighted by molar-refractivity contribution is 7.13. The number of rotatable bonds is 5. The fraction of sp³-hybridized carbons (Fsp3) is 0.150. The number of anilines is 1. The number of nitrogens with one attached hydrogen (secondary N) is 1. The molecule has 0 spiro atoms. The quantitative estimate of drug-likeness (QED) is 0.664. The highest BCUT2D eigenvalue weighted by Gasteiger charge is 2.15. The minimum absolute atomic E-state index is 0.110. The third-order valence-corrected chi connectivity index (χ3v) is 4.82. The first-order chi connectivity index (χ1) is 12.9. The lowest BCUT2D eigenvalue weighted by Crippen LogP contribution is -2.21. The van der Waals surface area contributed by atoms with Crippen molar-refractivity contribution in [3.63, 3.8) is 0 Å². The van der Waals surface area contributed by atoms with Gasteiger partial charge in [-0.15, -0.1) is 11.3 Å². The van der Waals surface area contributed by atoms with Gasteiger partial charge in [-0.3, -0.25) is 4.79 Å². The largest absolute Gasteiger partial charge is 0.451 e. The molecule has 1 amide bonds. The molecule has 0 radical (unpaired) electrons. The third-order valence-electron chi connectivity index (χ3n) is 3.93. The summed E-state index contributed by atoms with van der Waals surface area (Å²) in [5.41, 5.74) is 3.64. The van der Waals surface area contributed by atoms with E-state index in [1.165, 1.54) is 23.5 Å². The van der Waals surface area contributed by atoms with Crippen molar-refractivity contribution in [1.29, 1.82) is 0 Å². The van der Waals surface area contributed by atoms with Crippen LogP contribution in [0.3, 0.4) is 0 Å². The number of esters is 1. The Hall–Kier alpha value is -3.06. The van der Waals surface area contributed by atoms with Crippen molar-refractivity contribution in [1.82, 2.24) is 4.98 Å². The van der Waals surface area contributed by atoms with Gasteiger partial charge in [-0.2, -0.15) is 0 Å². The lowest BCUT2D eigenvalue weighted by Gasteiger charge is -2.08. The molecule has 0 bridgehead atoms. The Kier molecular flexibility index (Phi) is 5.61. The van der Waals surface area contributed by atoms with Crippen molar-refractivity contribution in [2.24, 2.45) is 0 Å². The maximum Gasteiger partial charge on any atom is 0.358 e. The number of halogens is 1. The summed E-state index contributed by atoms with van der Waals surface area (Å²) in [7, 11) is 0. The zero-order valence-corrected chi connectivity index (χ0v) is 15.6. The van der Waals surface area contributed by atoms with Gasteiger partial charge in [-0.1, -0.05) is 6.07 Å². The summed E-state index contributed by atoms with van der Waals surface area (Å²) in [6.07, 6.45) is 0. The molecule has 1 aromatic heterocycles. The smallest absolute Gasteiger partial charge is 0.358 e. The van der Waals surface area contributed by atoms with E-state index in [0.29, 0.717) is 16.3 Å². The number of aromatic nitrogens is 1. The lowest BCUT2D eigenvalue weighted by molar-refractivity contribution is -0.119. The van der Waals surface area contributed by atoms with E-state index >= 15 is 0 Å². The number of hydrogen-bond donors (Lipinski definition) is 1. The third kappa shape index (κ3) is 4.77. The molecule has 0 aliphatic rings. The predicted molar refractivity (Wildman–Crippen MR) is 102 cm³/mol. The first-order valence-electron chi connectivity index (χ1n) is 8.18. The summed E-state index contributed by atoms with van der Waals surface area (Å²) >= 11 is 1.24. The summed E-state index contributed by atoms with van der Waals surface area (Å²) in [5, 5.41) is 4.80. The fourth-order valence-corrected chi connectivity index (χ4v) is 3.11. The Morgan fingerprint density at radius 3 is 2.56 bits per heavy atom. The normalized spacial score (nSPS) is 10.5. The van der Waals surface area contributed by atoms with Gasteiger partial charge in [0.1, 0.15) is 10.8 Å². The molecule has 0 fully saturated rings. The van der Waals surface area contributed by atoms with Crippen molar-refractivity contribution >= 4 is 28.9 Å². The van der Waals surface area contributed by atoms with Crippen LogP contribution in [0, 0.1) is 19.7 Å². The molecule has 1 N–H and O–H groups in total. The Labute approximate surface area is 159 Å². The molecule has 0 aliphatic carbocycles. The fourth-order valence-electron chi connectivity index (χ4n) is 2.31. The van der Waals surface area contributed by atoms with E-state index in [9.17, 15) is 14.0 Å². The van der Waals surface area contributed by atoms with Crippen LogP contribution in [-0.4, -0.2) is 23.5 Å².